The highest BCUT2D eigenvalue weighted by Gasteiger charge is 2.24. The molecule has 4 heteroatoms. The maximum absolute atomic E-state index is 4.87. The van der Waals surface area contributed by atoms with Gasteiger partial charge in [-0.2, -0.15) is 0 Å². The first kappa shape index (κ1) is 17.0. The zero-order valence-electron chi connectivity index (χ0n) is 13.9. The van der Waals surface area contributed by atoms with Crippen LogP contribution in [0.15, 0.2) is 0 Å². The highest BCUT2D eigenvalue weighted by atomic mass is 15.5. The fourth-order valence-electron chi connectivity index (χ4n) is 2.41. The summed E-state index contributed by atoms with van der Waals surface area (Å²) in [6, 6.07) is 0. The van der Waals surface area contributed by atoms with Crippen molar-refractivity contribution >= 4 is 0 Å². The molecule has 4 nitrogen and oxygen atoms in total. The summed E-state index contributed by atoms with van der Waals surface area (Å²) in [5.41, 5.74) is 3.49. The van der Waals surface area contributed by atoms with Gasteiger partial charge in [-0.15, -0.1) is 9.36 Å². The molecule has 0 bridgehead atoms. The zero-order valence-corrected chi connectivity index (χ0v) is 13.9. The van der Waals surface area contributed by atoms with Gasteiger partial charge in [-0.05, 0) is 31.3 Å². The molecule has 116 valence electrons. The molecule has 0 saturated heterocycles. The first-order valence-corrected chi connectivity index (χ1v) is 8.52. The Labute approximate surface area is 124 Å². The van der Waals surface area contributed by atoms with Crippen LogP contribution in [-0.4, -0.2) is 16.3 Å². The minimum Gasteiger partial charge on any atom is -0.255 e. The van der Waals surface area contributed by atoms with Gasteiger partial charge < -0.3 is 0 Å². The van der Waals surface area contributed by atoms with Crippen LogP contribution in [0, 0.1) is 0 Å². The molecule has 0 aromatic carbocycles. The summed E-state index contributed by atoms with van der Waals surface area (Å²) in [6.45, 7) is 10.9. The number of unbranched alkanes of at least 4 members (excludes halogenated alkanes) is 3. The average Bonchev–Trinajstić information content (AvgIpc) is 2.78. The molecule has 1 N–H and O–H groups in total. The monoisotopic (exact) mass is 281 g/mol. The number of hydrogen-bond acceptors (Lipinski definition) is 2. The first-order valence-electron chi connectivity index (χ1n) is 8.52. The maximum atomic E-state index is 4.87. The molecule has 0 atom stereocenters. The smallest absolute Gasteiger partial charge is 0.255 e. The molecule has 0 amide bonds. The highest BCUT2D eigenvalue weighted by Crippen LogP contribution is 2.07. The highest BCUT2D eigenvalue weighted by molar-refractivity contribution is 4.95. The van der Waals surface area contributed by atoms with E-state index in [9.17, 15) is 0 Å². The van der Waals surface area contributed by atoms with Gasteiger partial charge in [0, 0.05) is 13.0 Å². The number of hydrogen-bond donors (Lipinski definition) is 1. The Kier molecular flexibility index (Phi) is 8.31. The van der Waals surface area contributed by atoms with Crippen molar-refractivity contribution in [2.45, 2.75) is 85.6 Å². The third kappa shape index (κ3) is 4.80. The Bertz CT molecular complexity index is 371. The van der Waals surface area contributed by atoms with Crippen molar-refractivity contribution in [2.75, 3.05) is 12.0 Å². The van der Waals surface area contributed by atoms with Gasteiger partial charge in [0.25, 0.3) is 5.82 Å². The summed E-state index contributed by atoms with van der Waals surface area (Å²) >= 11 is 0. The van der Waals surface area contributed by atoms with Crippen LogP contribution in [0.4, 0.5) is 0 Å². The molecule has 0 fully saturated rings. The van der Waals surface area contributed by atoms with E-state index >= 15 is 0 Å². The van der Waals surface area contributed by atoms with Crippen molar-refractivity contribution in [3.63, 3.8) is 0 Å². The minimum absolute atomic E-state index is 0.947. The van der Waals surface area contributed by atoms with Gasteiger partial charge in [-0.1, -0.05) is 40.0 Å². The summed E-state index contributed by atoms with van der Waals surface area (Å²) in [4.78, 5) is 0. The molecule has 1 aromatic heterocycles. The second-order valence-electron chi connectivity index (χ2n) is 5.46. The van der Waals surface area contributed by atoms with Crippen LogP contribution in [0.1, 0.15) is 77.9 Å². The van der Waals surface area contributed by atoms with E-state index in [4.69, 9.17) is 5.10 Å². The van der Waals surface area contributed by atoms with Crippen molar-refractivity contribution in [3.05, 3.63) is 11.6 Å². The van der Waals surface area contributed by atoms with Gasteiger partial charge in [0.05, 0.1) is 6.42 Å². The summed E-state index contributed by atoms with van der Waals surface area (Å²) < 4.78 is 4.51. The topological polar surface area (TPSA) is 33.7 Å². The largest absolute Gasteiger partial charge is 0.302 e. The average molecular weight is 281 g/mol. The van der Waals surface area contributed by atoms with E-state index in [0.717, 1.165) is 25.9 Å². The molecule has 0 spiro atoms. The van der Waals surface area contributed by atoms with Crippen LogP contribution < -0.4 is 10.1 Å². The Balaban J connectivity index is 2.99. The van der Waals surface area contributed by atoms with Crippen LogP contribution in [0.25, 0.3) is 0 Å². The van der Waals surface area contributed by atoms with Crippen molar-refractivity contribution < 1.29 is 4.68 Å². The fraction of sp³-hybridized carbons (Fsp3) is 0.875. The summed E-state index contributed by atoms with van der Waals surface area (Å²) in [7, 11) is 0. The van der Waals surface area contributed by atoms with E-state index in [1.807, 2.05) is 0 Å². The molecule has 0 unspecified atom stereocenters. The molecule has 0 aliphatic carbocycles. The van der Waals surface area contributed by atoms with Crippen LogP contribution in [0.5, 0.6) is 0 Å². The van der Waals surface area contributed by atoms with Crippen molar-refractivity contribution in [1.82, 2.24) is 9.77 Å². The standard InChI is InChI=1S/C16H33N4/c1-5-9-12-15-18-19(14-11-7-3)16(13-10-6-2)20(15)17-8-4/h17H,5-14H2,1-4H3/q+1. The maximum Gasteiger partial charge on any atom is 0.302 e. The molecule has 0 radical (unpaired) electrons. The Morgan fingerprint density at radius 3 is 2.20 bits per heavy atom. The number of aromatic nitrogens is 3. The van der Waals surface area contributed by atoms with E-state index in [-0.39, 0.29) is 0 Å². The first-order chi connectivity index (χ1) is 9.78. The quantitative estimate of drug-likeness (QED) is 0.632. The van der Waals surface area contributed by atoms with Gasteiger partial charge >= 0.3 is 5.82 Å². The zero-order chi connectivity index (χ0) is 14.8. The third-order valence-corrected chi connectivity index (χ3v) is 3.60. The van der Waals surface area contributed by atoms with Crippen molar-refractivity contribution in [3.8, 4) is 0 Å². The predicted octanol–water partition coefficient (Wildman–Crippen LogP) is 3.22. The number of nitrogens with zero attached hydrogens (tertiary/aromatic N) is 3. The van der Waals surface area contributed by atoms with Crippen molar-refractivity contribution in [2.24, 2.45) is 0 Å². The molecule has 1 aromatic rings. The van der Waals surface area contributed by atoms with E-state index in [0.29, 0.717) is 0 Å². The molecule has 0 aliphatic rings. The minimum atomic E-state index is 0.947. The van der Waals surface area contributed by atoms with Crippen molar-refractivity contribution in [1.29, 1.82) is 0 Å². The fourth-order valence-corrected chi connectivity index (χ4v) is 2.41. The molecular weight excluding hydrogens is 248 g/mol. The van der Waals surface area contributed by atoms with E-state index < -0.39 is 0 Å². The van der Waals surface area contributed by atoms with Gasteiger partial charge in [0.2, 0.25) is 0 Å². The third-order valence-electron chi connectivity index (χ3n) is 3.60. The molecule has 1 rings (SSSR count). The van der Waals surface area contributed by atoms with Gasteiger partial charge in [-0.3, -0.25) is 5.43 Å². The molecule has 20 heavy (non-hydrogen) atoms. The second-order valence-corrected chi connectivity index (χ2v) is 5.46. The Morgan fingerprint density at radius 1 is 0.950 bits per heavy atom. The van der Waals surface area contributed by atoms with Gasteiger partial charge in [0.15, 0.2) is 0 Å². The van der Waals surface area contributed by atoms with Crippen LogP contribution in [-0.2, 0) is 19.4 Å². The normalized spacial score (nSPS) is 11.0. The molecular formula is C16H33N4+. The Hall–Kier alpha value is -1.06. The molecule has 0 aliphatic heterocycles. The van der Waals surface area contributed by atoms with Crippen LogP contribution in [0.2, 0.25) is 0 Å². The lowest BCUT2D eigenvalue weighted by Crippen LogP contribution is -2.41. The van der Waals surface area contributed by atoms with Crippen LogP contribution in [0.3, 0.4) is 0 Å². The molecule has 0 saturated carbocycles. The lowest BCUT2D eigenvalue weighted by molar-refractivity contribution is -0.759. The number of aryl methyl sites for hydroxylation is 2. The summed E-state index contributed by atoms with van der Waals surface area (Å²) in [6.07, 6.45) is 9.51. The SMILES string of the molecule is CCCCc1n[n+](CCCC)c(CCCC)n1NCC. The summed E-state index contributed by atoms with van der Waals surface area (Å²) in [5, 5.41) is 4.87. The van der Waals surface area contributed by atoms with Gasteiger partial charge in [0.1, 0.15) is 6.54 Å². The summed E-state index contributed by atoms with van der Waals surface area (Å²) in [5.74, 6) is 2.56. The predicted molar refractivity (Wildman–Crippen MR) is 84.5 cm³/mol. The van der Waals surface area contributed by atoms with Gasteiger partial charge in [-0.25, -0.2) is 0 Å². The Morgan fingerprint density at radius 2 is 1.60 bits per heavy atom. The lowest BCUT2D eigenvalue weighted by atomic mass is 10.2. The number of rotatable bonds is 11. The molecule has 1 heterocycles. The lowest BCUT2D eigenvalue weighted by Gasteiger charge is -2.04. The second kappa shape index (κ2) is 9.78. The van der Waals surface area contributed by atoms with Crippen LogP contribution >= 0.6 is 0 Å². The number of nitrogens with one attached hydrogen (secondary N) is 1. The van der Waals surface area contributed by atoms with E-state index in [1.54, 1.807) is 0 Å². The van der Waals surface area contributed by atoms with E-state index in [2.05, 4.69) is 42.5 Å². The van der Waals surface area contributed by atoms with E-state index in [1.165, 1.54) is 50.2 Å².